The molecule has 0 aromatic carbocycles. The first kappa shape index (κ1) is 23.9. The normalized spacial score (nSPS) is 15.3. The van der Waals surface area contributed by atoms with Crippen molar-refractivity contribution >= 4 is 27.8 Å². The van der Waals surface area contributed by atoms with E-state index in [9.17, 15) is 4.39 Å². The number of anilines is 1. The van der Waals surface area contributed by atoms with Crippen LogP contribution in [-0.4, -0.2) is 51.1 Å². The number of aromatic nitrogens is 5. The largest absolute Gasteiger partial charge is 0.356 e. The third kappa shape index (κ3) is 5.27. The number of H-pyrrole nitrogens is 1. The first-order valence-electron chi connectivity index (χ1n) is 11.5. The molecule has 4 aromatic heterocycles. The lowest BCUT2D eigenvalue weighted by atomic mass is 10.0. The van der Waals surface area contributed by atoms with Crippen LogP contribution in [0.3, 0.4) is 0 Å². The lowest BCUT2D eigenvalue weighted by Crippen LogP contribution is -2.41. The Bertz CT molecular complexity index is 1220. The van der Waals surface area contributed by atoms with Gasteiger partial charge in [-0.3, -0.25) is 4.98 Å². The van der Waals surface area contributed by atoms with Crippen LogP contribution < -0.4 is 10.2 Å². The molecule has 180 valence electrons. The molecule has 4 aromatic rings. The Balaban J connectivity index is 0.000000498. The minimum Gasteiger partial charge on any atom is -0.356 e. The Kier molecular flexibility index (Phi) is 7.89. The Morgan fingerprint density at radius 3 is 2.50 bits per heavy atom. The second-order valence-corrected chi connectivity index (χ2v) is 8.47. The summed E-state index contributed by atoms with van der Waals surface area (Å²) in [5, 5.41) is 5.21. The topological polar surface area (TPSA) is 82.6 Å². The zero-order valence-corrected chi connectivity index (χ0v) is 19.1. The van der Waals surface area contributed by atoms with Crippen molar-refractivity contribution in [2.24, 2.45) is 0 Å². The molecule has 0 atom stereocenters. The molecule has 1 aliphatic carbocycles. The number of pyridine rings is 2. The zero-order valence-electron chi connectivity index (χ0n) is 19.1. The van der Waals surface area contributed by atoms with Crippen LogP contribution in [-0.2, 0) is 6.67 Å². The highest BCUT2D eigenvalue weighted by atomic mass is 20.0. The molecule has 0 radical (unpaired) electrons. The monoisotopic (exact) mass is 471 g/mol. The molecule has 1 aliphatic heterocycles. The maximum Gasteiger partial charge on any atom is 0.163 e. The van der Waals surface area contributed by atoms with Gasteiger partial charge in [-0.05, 0) is 44.1 Å². The van der Waals surface area contributed by atoms with Crippen LogP contribution in [0.5, 0.6) is 0 Å². The van der Waals surface area contributed by atoms with Crippen molar-refractivity contribution in [3.63, 3.8) is 0 Å². The third-order valence-electron chi connectivity index (χ3n) is 6.00. The number of aromatic amines is 1. The van der Waals surface area contributed by atoms with E-state index in [1.165, 1.54) is 19.3 Å². The highest BCUT2D eigenvalue weighted by Gasteiger charge is 2.22. The van der Waals surface area contributed by atoms with Gasteiger partial charge in [-0.2, -0.15) is 0 Å². The molecule has 2 aliphatic rings. The third-order valence-corrected chi connectivity index (χ3v) is 6.00. The number of hydrogen-bond acceptors (Lipinski definition) is 6. The average Bonchev–Trinajstić information content (AvgIpc) is 3.74. The molecule has 6 rings (SSSR count). The molecule has 7 nitrogen and oxygen atoms in total. The van der Waals surface area contributed by atoms with Crippen molar-refractivity contribution in [1.82, 2.24) is 30.2 Å². The molecular weight excluding hydrogens is 443 g/mol. The van der Waals surface area contributed by atoms with E-state index in [1.54, 1.807) is 24.7 Å². The number of nitrogens with one attached hydrogen (secondary N) is 2. The van der Waals surface area contributed by atoms with Crippen molar-refractivity contribution in [3.8, 4) is 11.4 Å². The van der Waals surface area contributed by atoms with E-state index in [-0.39, 0.29) is 0 Å². The standard InChI is InChI=1S/C21H22FN7.C3H6.F2/c1-29(14-2-6-23-7-3-14)21-16-4-8-24-12-18(16)27-20(28-21)15-5-9-25-19-17(15)10-13(11-22)26-19;1-2-3-1;1-2/h4-5,8-10,12,14,23H,2-3,6-7,11H2,1H3,(H,25,26);1-3H2;. The lowest BCUT2D eigenvalue weighted by Gasteiger charge is -2.33. The van der Waals surface area contributed by atoms with E-state index in [2.05, 4.69) is 32.2 Å². The molecule has 0 bridgehead atoms. The van der Waals surface area contributed by atoms with Gasteiger partial charge in [0.1, 0.15) is 18.1 Å². The van der Waals surface area contributed by atoms with Gasteiger partial charge in [0.05, 0.1) is 11.7 Å². The smallest absolute Gasteiger partial charge is 0.163 e. The van der Waals surface area contributed by atoms with Crippen LogP contribution in [0.4, 0.5) is 19.4 Å². The first-order chi connectivity index (χ1) is 16.7. The van der Waals surface area contributed by atoms with Crippen LogP contribution in [0.25, 0.3) is 33.3 Å². The van der Waals surface area contributed by atoms with Gasteiger partial charge in [0, 0.05) is 56.7 Å². The van der Waals surface area contributed by atoms with Crippen LogP contribution >= 0.6 is 0 Å². The summed E-state index contributed by atoms with van der Waals surface area (Å²) in [4.78, 5) is 23.6. The Morgan fingerprint density at radius 2 is 1.79 bits per heavy atom. The predicted molar refractivity (Wildman–Crippen MR) is 128 cm³/mol. The number of halogens is 3. The minimum atomic E-state index is -0.567. The second-order valence-electron chi connectivity index (χ2n) is 8.47. The summed E-state index contributed by atoms with van der Waals surface area (Å²) in [6.45, 7) is 1.45. The molecule has 0 unspecified atom stereocenters. The van der Waals surface area contributed by atoms with Crippen molar-refractivity contribution in [1.29, 1.82) is 0 Å². The number of nitrogens with zero attached hydrogens (tertiary/aromatic N) is 5. The number of fused-ring (bicyclic) bond motifs is 2. The van der Waals surface area contributed by atoms with Crippen LogP contribution in [0.2, 0.25) is 0 Å². The van der Waals surface area contributed by atoms with E-state index < -0.39 is 6.67 Å². The van der Waals surface area contributed by atoms with Gasteiger partial charge < -0.3 is 15.2 Å². The minimum absolute atomic E-state index is 0.415. The molecule has 2 N–H and O–H groups in total. The number of hydrogen-bond donors (Lipinski definition) is 2. The fraction of sp³-hybridized carbons (Fsp3) is 0.417. The van der Waals surface area contributed by atoms with Crippen LogP contribution in [0.1, 0.15) is 37.8 Å². The SMILES string of the molecule is C1CC1.CN(c1nc(-c2ccnc3[nH]c(CF)cc23)nc2cnccc12)C1CCNCC1.FF. The van der Waals surface area contributed by atoms with Crippen molar-refractivity contribution < 1.29 is 13.5 Å². The quantitative estimate of drug-likeness (QED) is 0.424. The summed E-state index contributed by atoms with van der Waals surface area (Å²) in [6, 6.07) is 6.04. The molecule has 2 fully saturated rings. The summed E-state index contributed by atoms with van der Waals surface area (Å²) < 4.78 is 29.2. The van der Waals surface area contributed by atoms with Gasteiger partial charge in [0.2, 0.25) is 0 Å². The summed E-state index contributed by atoms with van der Waals surface area (Å²) in [5.41, 5.74) is 2.75. The van der Waals surface area contributed by atoms with E-state index in [0.717, 1.165) is 53.6 Å². The van der Waals surface area contributed by atoms with Crippen LogP contribution in [0.15, 0.2) is 36.8 Å². The maximum atomic E-state index is 13.2. The Hall–Kier alpha value is -3.27. The van der Waals surface area contributed by atoms with Gasteiger partial charge in [0.25, 0.3) is 0 Å². The van der Waals surface area contributed by atoms with Crippen LogP contribution in [0, 0.1) is 0 Å². The highest BCUT2D eigenvalue weighted by molar-refractivity contribution is 5.95. The van der Waals surface area contributed by atoms with Gasteiger partial charge in [-0.1, -0.05) is 19.3 Å². The van der Waals surface area contributed by atoms with Gasteiger partial charge in [-0.25, -0.2) is 19.3 Å². The van der Waals surface area contributed by atoms with E-state index in [4.69, 9.17) is 19.1 Å². The van der Waals surface area contributed by atoms with Crippen molar-refractivity contribution in [2.75, 3.05) is 25.0 Å². The maximum absolute atomic E-state index is 13.2. The van der Waals surface area contributed by atoms with E-state index >= 15 is 0 Å². The van der Waals surface area contributed by atoms with Gasteiger partial charge in [-0.15, -0.1) is 0 Å². The molecule has 0 spiro atoms. The Labute approximate surface area is 195 Å². The molecule has 5 heterocycles. The summed E-state index contributed by atoms with van der Waals surface area (Å²) in [5.74, 6) is 1.49. The average molecular weight is 472 g/mol. The fourth-order valence-electron chi connectivity index (χ4n) is 4.07. The number of alkyl halides is 1. The summed E-state index contributed by atoms with van der Waals surface area (Å²) >= 11 is 0. The molecule has 1 saturated heterocycles. The molecular formula is C24H28F3N7. The highest BCUT2D eigenvalue weighted by Crippen LogP contribution is 2.32. The first-order valence-corrected chi connectivity index (χ1v) is 11.5. The predicted octanol–water partition coefficient (Wildman–Crippen LogP) is 5.24. The molecule has 0 amide bonds. The lowest BCUT2D eigenvalue weighted by molar-refractivity contribution is 0.108. The summed E-state index contributed by atoms with van der Waals surface area (Å²) in [6.07, 6.45) is 11.9. The fourth-order valence-corrected chi connectivity index (χ4v) is 4.07. The zero-order chi connectivity index (χ0) is 23.9. The van der Waals surface area contributed by atoms with Crippen molar-refractivity contribution in [3.05, 3.63) is 42.5 Å². The Morgan fingerprint density at radius 1 is 1.03 bits per heavy atom. The van der Waals surface area contributed by atoms with Gasteiger partial charge in [0.15, 0.2) is 5.82 Å². The second kappa shape index (κ2) is 11.2. The molecule has 1 saturated carbocycles. The number of piperidine rings is 1. The van der Waals surface area contributed by atoms with Gasteiger partial charge >= 0.3 is 0 Å². The number of rotatable bonds is 4. The van der Waals surface area contributed by atoms with E-state index in [1.807, 2.05) is 12.1 Å². The van der Waals surface area contributed by atoms with E-state index in [0.29, 0.717) is 23.2 Å². The molecule has 10 heteroatoms. The van der Waals surface area contributed by atoms with Crippen molar-refractivity contribution in [2.45, 2.75) is 44.8 Å². The summed E-state index contributed by atoms with van der Waals surface area (Å²) in [7, 11) is 2.10. The molecule has 34 heavy (non-hydrogen) atoms.